The lowest BCUT2D eigenvalue weighted by Gasteiger charge is -2.32. The van der Waals surface area contributed by atoms with Crippen LogP contribution < -0.4 is 0 Å². The molecule has 0 aliphatic carbocycles. The molecular weight excluding hydrogens is 296 g/mol. The van der Waals surface area contributed by atoms with Crippen LogP contribution in [0.25, 0.3) is 0 Å². The fourth-order valence-corrected chi connectivity index (χ4v) is 2.85. The average molecular weight is 313 g/mol. The van der Waals surface area contributed by atoms with Crippen LogP contribution in [0.5, 0.6) is 0 Å². The summed E-state index contributed by atoms with van der Waals surface area (Å²) in [6.45, 7) is 1.18. The lowest BCUT2D eigenvalue weighted by Crippen LogP contribution is -2.40. The first kappa shape index (κ1) is 15.7. The van der Waals surface area contributed by atoms with Gasteiger partial charge in [-0.15, -0.1) is 0 Å². The second kappa shape index (κ2) is 6.87. The van der Waals surface area contributed by atoms with Crippen LogP contribution in [0.2, 0.25) is 5.02 Å². The number of nitro benzene ring substituents is 1. The van der Waals surface area contributed by atoms with Gasteiger partial charge in [0.15, 0.2) is 0 Å². The molecular formula is C14H17ClN2O4. The number of aliphatic hydroxyl groups is 1. The van der Waals surface area contributed by atoms with E-state index in [1.165, 1.54) is 18.2 Å². The Morgan fingerprint density at radius 3 is 2.95 bits per heavy atom. The number of benzene rings is 1. The lowest BCUT2D eigenvalue weighted by molar-refractivity contribution is -0.385. The summed E-state index contributed by atoms with van der Waals surface area (Å²) in [5, 5.41) is 20.3. The first-order valence-electron chi connectivity index (χ1n) is 6.87. The van der Waals surface area contributed by atoms with E-state index in [2.05, 4.69) is 0 Å². The van der Waals surface area contributed by atoms with E-state index < -0.39 is 4.92 Å². The van der Waals surface area contributed by atoms with E-state index in [9.17, 15) is 14.9 Å². The van der Waals surface area contributed by atoms with E-state index in [4.69, 9.17) is 16.7 Å². The van der Waals surface area contributed by atoms with Crippen molar-refractivity contribution in [1.82, 2.24) is 4.90 Å². The molecule has 0 radical (unpaired) electrons. The second-order valence-electron chi connectivity index (χ2n) is 5.19. The van der Waals surface area contributed by atoms with Crippen molar-refractivity contribution in [3.63, 3.8) is 0 Å². The molecule has 21 heavy (non-hydrogen) atoms. The fraction of sp³-hybridized carbons (Fsp3) is 0.500. The zero-order chi connectivity index (χ0) is 15.4. The van der Waals surface area contributed by atoms with Crippen molar-refractivity contribution in [3.8, 4) is 0 Å². The zero-order valence-electron chi connectivity index (χ0n) is 11.5. The number of amides is 1. The predicted octanol–water partition coefficient (Wildman–Crippen LogP) is 2.48. The Kier molecular flexibility index (Phi) is 5.14. The van der Waals surface area contributed by atoms with Crippen molar-refractivity contribution >= 4 is 23.2 Å². The summed E-state index contributed by atoms with van der Waals surface area (Å²) in [6, 6.07) is 4.00. The molecule has 1 heterocycles. The van der Waals surface area contributed by atoms with E-state index in [1.54, 1.807) is 4.90 Å². The van der Waals surface area contributed by atoms with E-state index in [1.807, 2.05) is 0 Å². The van der Waals surface area contributed by atoms with Crippen LogP contribution in [0.4, 0.5) is 5.69 Å². The molecule has 114 valence electrons. The van der Waals surface area contributed by atoms with Gasteiger partial charge < -0.3 is 10.0 Å². The normalized spacial score (nSPS) is 18.6. The van der Waals surface area contributed by atoms with Gasteiger partial charge in [-0.1, -0.05) is 11.6 Å². The molecule has 0 saturated carbocycles. The van der Waals surface area contributed by atoms with Crippen molar-refractivity contribution in [3.05, 3.63) is 38.9 Å². The molecule has 0 spiro atoms. The molecule has 1 aliphatic heterocycles. The van der Waals surface area contributed by atoms with E-state index in [0.717, 1.165) is 12.8 Å². The number of piperidine rings is 1. The molecule has 0 aromatic heterocycles. The van der Waals surface area contributed by atoms with Gasteiger partial charge in [-0.2, -0.15) is 0 Å². The molecule has 1 saturated heterocycles. The highest BCUT2D eigenvalue weighted by molar-refractivity contribution is 6.31. The highest BCUT2D eigenvalue weighted by atomic mass is 35.5. The molecule has 1 amide bonds. The molecule has 1 atom stereocenters. The molecule has 1 aromatic rings. The van der Waals surface area contributed by atoms with Crippen LogP contribution in [0.3, 0.4) is 0 Å². The molecule has 1 fully saturated rings. The minimum Gasteiger partial charge on any atom is -0.396 e. The van der Waals surface area contributed by atoms with Gasteiger partial charge in [-0.3, -0.25) is 14.9 Å². The summed E-state index contributed by atoms with van der Waals surface area (Å²) in [4.78, 5) is 24.6. The summed E-state index contributed by atoms with van der Waals surface area (Å²) >= 11 is 5.86. The highest BCUT2D eigenvalue weighted by Crippen LogP contribution is 2.27. The number of carbonyl (C=O) groups is 1. The van der Waals surface area contributed by atoms with Crippen LogP contribution in [-0.4, -0.2) is 40.5 Å². The summed E-state index contributed by atoms with van der Waals surface area (Å²) in [6.07, 6.45) is 2.44. The van der Waals surface area contributed by atoms with E-state index in [0.29, 0.717) is 24.5 Å². The van der Waals surface area contributed by atoms with Gasteiger partial charge in [0.05, 0.1) is 4.92 Å². The number of halogens is 1. The molecule has 1 unspecified atom stereocenters. The highest BCUT2D eigenvalue weighted by Gasteiger charge is 2.28. The third kappa shape index (κ3) is 3.71. The Morgan fingerprint density at radius 1 is 1.52 bits per heavy atom. The van der Waals surface area contributed by atoms with Crippen molar-refractivity contribution in [2.24, 2.45) is 5.92 Å². The lowest BCUT2D eigenvalue weighted by atomic mass is 9.94. The molecule has 7 heteroatoms. The van der Waals surface area contributed by atoms with Crippen molar-refractivity contribution in [2.45, 2.75) is 19.3 Å². The van der Waals surface area contributed by atoms with Gasteiger partial charge >= 0.3 is 0 Å². The minimum atomic E-state index is -0.571. The van der Waals surface area contributed by atoms with Gasteiger partial charge in [0.1, 0.15) is 5.56 Å². The number of hydrogen-bond donors (Lipinski definition) is 1. The standard InChI is InChI=1S/C14H17ClN2O4/c15-11-3-4-13(17(20)21)12(8-11)14(19)16-6-1-2-10(9-16)5-7-18/h3-4,8,10,18H,1-2,5-7,9H2. The largest absolute Gasteiger partial charge is 0.396 e. The van der Waals surface area contributed by atoms with Crippen LogP contribution >= 0.6 is 11.6 Å². The monoisotopic (exact) mass is 312 g/mol. The van der Waals surface area contributed by atoms with Gasteiger partial charge in [-0.25, -0.2) is 0 Å². The third-order valence-electron chi connectivity index (χ3n) is 3.73. The Labute approximate surface area is 127 Å². The number of rotatable bonds is 4. The van der Waals surface area contributed by atoms with E-state index in [-0.39, 0.29) is 29.7 Å². The van der Waals surface area contributed by atoms with Gasteiger partial charge in [0.25, 0.3) is 11.6 Å². The topological polar surface area (TPSA) is 83.7 Å². The van der Waals surface area contributed by atoms with Crippen LogP contribution in [-0.2, 0) is 0 Å². The number of likely N-dealkylation sites (tertiary alicyclic amines) is 1. The summed E-state index contributed by atoms with van der Waals surface area (Å²) in [5.74, 6) is -0.127. The quantitative estimate of drug-likeness (QED) is 0.684. The van der Waals surface area contributed by atoms with Crippen LogP contribution in [0.1, 0.15) is 29.6 Å². The summed E-state index contributed by atoms with van der Waals surface area (Å²) in [5.41, 5.74) is -0.203. The molecule has 1 aromatic carbocycles. The molecule has 6 nitrogen and oxygen atoms in total. The van der Waals surface area contributed by atoms with Crippen LogP contribution in [0.15, 0.2) is 18.2 Å². The number of aliphatic hydroxyl groups excluding tert-OH is 1. The molecule has 2 rings (SSSR count). The Bertz CT molecular complexity index is 548. The van der Waals surface area contributed by atoms with Crippen molar-refractivity contribution in [2.75, 3.05) is 19.7 Å². The van der Waals surface area contributed by atoms with Crippen molar-refractivity contribution < 1.29 is 14.8 Å². The maximum atomic E-state index is 12.5. The predicted molar refractivity (Wildman–Crippen MR) is 78.4 cm³/mol. The first-order valence-corrected chi connectivity index (χ1v) is 7.24. The van der Waals surface area contributed by atoms with Crippen LogP contribution in [0, 0.1) is 16.0 Å². The third-order valence-corrected chi connectivity index (χ3v) is 3.96. The Balaban J connectivity index is 2.23. The maximum absolute atomic E-state index is 12.5. The smallest absolute Gasteiger partial charge is 0.282 e. The summed E-state index contributed by atoms with van der Waals surface area (Å²) in [7, 11) is 0. The number of nitrogens with zero attached hydrogens (tertiary/aromatic N) is 2. The molecule has 1 aliphatic rings. The van der Waals surface area contributed by atoms with Gasteiger partial charge in [0, 0.05) is 30.8 Å². The first-order chi connectivity index (χ1) is 10.0. The van der Waals surface area contributed by atoms with E-state index >= 15 is 0 Å². The fourth-order valence-electron chi connectivity index (χ4n) is 2.68. The SMILES string of the molecule is O=C(c1cc(Cl)ccc1[N+](=O)[O-])N1CCCC(CCO)C1. The van der Waals surface area contributed by atoms with Gasteiger partial charge in [-0.05, 0) is 37.3 Å². The van der Waals surface area contributed by atoms with Gasteiger partial charge in [0.2, 0.25) is 0 Å². The molecule has 1 N–H and O–H groups in total. The Morgan fingerprint density at radius 2 is 2.29 bits per heavy atom. The zero-order valence-corrected chi connectivity index (χ0v) is 12.3. The molecule has 0 bridgehead atoms. The maximum Gasteiger partial charge on any atom is 0.282 e. The van der Waals surface area contributed by atoms with Crippen molar-refractivity contribution in [1.29, 1.82) is 0 Å². The average Bonchev–Trinajstić information content (AvgIpc) is 2.46. The summed E-state index contributed by atoms with van der Waals surface area (Å²) < 4.78 is 0. The number of nitro groups is 1. The number of hydrogen-bond acceptors (Lipinski definition) is 4. The number of carbonyl (C=O) groups excluding carboxylic acids is 1. The minimum absolute atomic E-state index is 0.0251. The Hall–Kier alpha value is -1.66. The second-order valence-corrected chi connectivity index (χ2v) is 5.63.